The topological polar surface area (TPSA) is 71.2 Å². The fourth-order valence-electron chi connectivity index (χ4n) is 5.03. The lowest BCUT2D eigenvalue weighted by Crippen LogP contribution is -2.46. The molecule has 1 aromatic carbocycles. The van der Waals surface area contributed by atoms with Gasteiger partial charge in [0.2, 0.25) is 0 Å². The molecule has 0 amide bonds. The average Bonchev–Trinajstić information content (AvgIpc) is 3.25. The predicted octanol–water partition coefficient (Wildman–Crippen LogP) is 3.86. The molecular weight excluding hydrogens is 362 g/mol. The van der Waals surface area contributed by atoms with Crippen LogP contribution in [0.15, 0.2) is 66.5 Å². The molecule has 2 aliphatic rings. The molecular formula is C24H25N3O2. The van der Waals surface area contributed by atoms with E-state index < -0.39 is 17.1 Å². The van der Waals surface area contributed by atoms with E-state index >= 15 is 0 Å². The number of aliphatic hydroxyl groups is 2. The molecule has 29 heavy (non-hydrogen) atoms. The van der Waals surface area contributed by atoms with Crippen molar-refractivity contribution in [2.45, 2.75) is 44.3 Å². The number of nitrogens with zero attached hydrogens (tertiary/aromatic N) is 3. The maximum absolute atomic E-state index is 11.7. The molecule has 1 unspecified atom stereocenters. The molecule has 3 atom stereocenters. The van der Waals surface area contributed by atoms with Gasteiger partial charge in [-0.25, -0.2) is 4.68 Å². The first-order chi connectivity index (χ1) is 14.0. The van der Waals surface area contributed by atoms with E-state index in [-0.39, 0.29) is 6.42 Å². The van der Waals surface area contributed by atoms with Crippen LogP contribution in [0.3, 0.4) is 0 Å². The van der Waals surface area contributed by atoms with E-state index in [2.05, 4.69) is 23.1 Å². The molecule has 2 aliphatic carbocycles. The molecule has 0 aliphatic heterocycles. The molecule has 2 aromatic heterocycles. The first-order valence-electron chi connectivity index (χ1n) is 10.1. The summed E-state index contributed by atoms with van der Waals surface area (Å²) in [6.45, 7) is 2.12. The fourth-order valence-corrected chi connectivity index (χ4v) is 5.03. The molecule has 1 fully saturated rings. The maximum atomic E-state index is 11.7. The van der Waals surface area contributed by atoms with Gasteiger partial charge in [0, 0.05) is 18.0 Å². The van der Waals surface area contributed by atoms with Crippen LogP contribution in [0.4, 0.5) is 0 Å². The molecule has 2 N–H and O–H groups in total. The van der Waals surface area contributed by atoms with E-state index in [4.69, 9.17) is 0 Å². The number of rotatable bonds is 4. The van der Waals surface area contributed by atoms with E-state index in [1.807, 2.05) is 59.4 Å². The van der Waals surface area contributed by atoms with Crippen molar-refractivity contribution < 1.29 is 10.2 Å². The van der Waals surface area contributed by atoms with Crippen LogP contribution in [0, 0.1) is 5.41 Å². The molecule has 0 saturated heterocycles. The normalized spacial score (nSPS) is 26.5. The third-order valence-corrected chi connectivity index (χ3v) is 6.85. The van der Waals surface area contributed by atoms with Gasteiger partial charge in [-0.1, -0.05) is 36.8 Å². The van der Waals surface area contributed by atoms with Crippen LogP contribution < -0.4 is 0 Å². The number of pyridine rings is 1. The Labute approximate surface area is 170 Å². The van der Waals surface area contributed by atoms with Crippen molar-refractivity contribution in [1.82, 2.24) is 14.8 Å². The van der Waals surface area contributed by atoms with E-state index in [9.17, 15) is 10.2 Å². The van der Waals surface area contributed by atoms with Crippen LogP contribution >= 0.6 is 0 Å². The second-order valence-corrected chi connectivity index (χ2v) is 8.49. The number of fused-ring (bicyclic) bond motifs is 2. The minimum absolute atomic E-state index is 0.278. The van der Waals surface area contributed by atoms with Crippen LogP contribution in [0.25, 0.3) is 11.8 Å². The van der Waals surface area contributed by atoms with Crippen LogP contribution in [0.2, 0.25) is 0 Å². The summed E-state index contributed by atoms with van der Waals surface area (Å²) >= 11 is 0. The van der Waals surface area contributed by atoms with Crippen LogP contribution in [0.1, 0.15) is 49.2 Å². The number of hydrogen-bond donors (Lipinski definition) is 2. The molecule has 1 saturated carbocycles. The Kier molecular flexibility index (Phi) is 4.19. The Balaban J connectivity index is 1.48. The number of para-hydroxylation sites is 1. The maximum Gasteiger partial charge on any atom is 0.0987 e. The van der Waals surface area contributed by atoms with Crippen molar-refractivity contribution in [2.75, 3.05) is 0 Å². The summed E-state index contributed by atoms with van der Waals surface area (Å²) in [6, 6.07) is 15.6. The first kappa shape index (κ1) is 18.3. The molecule has 0 bridgehead atoms. The zero-order valence-corrected chi connectivity index (χ0v) is 16.5. The highest BCUT2D eigenvalue weighted by Crippen LogP contribution is 2.57. The molecule has 5 heteroatoms. The third kappa shape index (κ3) is 2.84. The number of aliphatic hydroxyl groups excluding tert-OH is 1. The standard InChI is InChI=1S/C24H25N3O2/c1-23-14-17-16-26-27(19-7-3-2-4-8-19)21(17)13-18(23)10-11-24(23,29)15-22(28)20-9-5-6-12-25-20/h2-9,12-13,16,22,28-29H,10-11,14-15H2,1H3/t22?,23-,24+/m0/s1. The van der Waals surface area contributed by atoms with Crippen molar-refractivity contribution >= 4 is 6.08 Å². The number of benzene rings is 1. The van der Waals surface area contributed by atoms with Gasteiger partial charge in [0.1, 0.15) is 0 Å². The van der Waals surface area contributed by atoms with Crippen molar-refractivity contribution in [3.05, 3.63) is 83.4 Å². The second-order valence-electron chi connectivity index (χ2n) is 8.49. The lowest BCUT2D eigenvalue weighted by molar-refractivity contribution is -0.0747. The van der Waals surface area contributed by atoms with Gasteiger partial charge in [0.05, 0.1) is 35.0 Å². The number of hydrogen-bond acceptors (Lipinski definition) is 4. The lowest BCUT2D eigenvalue weighted by Gasteiger charge is -2.43. The molecule has 0 radical (unpaired) electrons. The summed E-state index contributed by atoms with van der Waals surface area (Å²) < 4.78 is 1.97. The predicted molar refractivity (Wildman–Crippen MR) is 111 cm³/mol. The molecule has 0 spiro atoms. The Morgan fingerprint density at radius 1 is 1.14 bits per heavy atom. The quantitative estimate of drug-likeness (QED) is 0.713. The smallest absolute Gasteiger partial charge is 0.0987 e. The van der Waals surface area contributed by atoms with Crippen LogP contribution in [0.5, 0.6) is 0 Å². The van der Waals surface area contributed by atoms with Gasteiger partial charge in [-0.15, -0.1) is 0 Å². The van der Waals surface area contributed by atoms with Gasteiger partial charge in [-0.2, -0.15) is 5.10 Å². The highest BCUT2D eigenvalue weighted by atomic mass is 16.3. The Hall–Kier alpha value is -2.76. The van der Waals surface area contributed by atoms with Crippen molar-refractivity contribution in [2.24, 2.45) is 5.41 Å². The SMILES string of the molecule is C[C@]12Cc3cnn(-c4ccccc4)c3C=C1CC[C@@]2(O)CC(O)c1ccccn1. The van der Waals surface area contributed by atoms with Gasteiger partial charge in [-0.05, 0) is 55.2 Å². The minimum Gasteiger partial charge on any atom is -0.389 e. The Bertz CT molecular complexity index is 1060. The summed E-state index contributed by atoms with van der Waals surface area (Å²) in [6.07, 6.45) is 7.45. The average molecular weight is 387 g/mol. The highest BCUT2D eigenvalue weighted by Gasteiger charge is 2.55. The fraction of sp³-hybridized carbons (Fsp3) is 0.333. The summed E-state index contributed by atoms with van der Waals surface area (Å²) in [5.74, 6) is 0. The monoisotopic (exact) mass is 387 g/mol. The van der Waals surface area contributed by atoms with Crippen LogP contribution in [-0.4, -0.2) is 30.6 Å². The highest BCUT2D eigenvalue weighted by molar-refractivity contribution is 5.62. The summed E-state index contributed by atoms with van der Waals surface area (Å²) in [5.41, 5.74) is 3.70. The number of aromatic nitrogens is 3. The van der Waals surface area contributed by atoms with E-state index in [1.165, 1.54) is 5.57 Å². The molecule has 5 rings (SSSR count). The largest absolute Gasteiger partial charge is 0.389 e. The summed E-state index contributed by atoms with van der Waals surface area (Å²) in [7, 11) is 0. The van der Waals surface area contributed by atoms with Crippen LogP contribution in [-0.2, 0) is 6.42 Å². The first-order valence-corrected chi connectivity index (χ1v) is 10.1. The molecule has 148 valence electrons. The Morgan fingerprint density at radius 2 is 1.93 bits per heavy atom. The molecule has 5 nitrogen and oxygen atoms in total. The molecule has 2 heterocycles. The van der Waals surface area contributed by atoms with Crippen molar-refractivity contribution in [3.63, 3.8) is 0 Å². The minimum atomic E-state index is -0.984. The van der Waals surface area contributed by atoms with Gasteiger partial charge >= 0.3 is 0 Å². The second kappa shape index (κ2) is 6.65. The third-order valence-electron chi connectivity index (χ3n) is 6.85. The van der Waals surface area contributed by atoms with Crippen molar-refractivity contribution in [1.29, 1.82) is 0 Å². The summed E-state index contributed by atoms with van der Waals surface area (Å²) in [5, 5.41) is 27.0. The summed E-state index contributed by atoms with van der Waals surface area (Å²) in [4.78, 5) is 4.26. The van der Waals surface area contributed by atoms with Gasteiger partial charge < -0.3 is 10.2 Å². The Morgan fingerprint density at radius 3 is 2.69 bits per heavy atom. The van der Waals surface area contributed by atoms with Gasteiger partial charge in [0.25, 0.3) is 0 Å². The van der Waals surface area contributed by atoms with Gasteiger partial charge in [0.15, 0.2) is 0 Å². The molecule has 3 aromatic rings. The van der Waals surface area contributed by atoms with E-state index in [0.717, 1.165) is 23.4 Å². The lowest BCUT2D eigenvalue weighted by atomic mass is 9.65. The zero-order valence-electron chi connectivity index (χ0n) is 16.5. The zero-order chi connectivity index (χ0) is 20.1. The van der Waals surface area contributed by atoms with E-state index in [1.54, 1.807) is 6.20 Å². The van der Waals surface area contributed by atoms with E-state index in [0.29, 0.717) is 18.5 Å². The van der Waals surface area contributed by atoms with Crippen molar-refractivity contribution in [3.8, 4) is 5.69 Å². The van der Waals surface area contributed by atoms with Gasteiger partial charge in [-0.3, -0.25) is 4.98 Å².